The summed E-state index contributed by atoms with van der Waals surface area (Å²) < 4.78 is 10.5. The second-order valence-electron chi connectivity index (χ2n) is 3.94. The van der Waals surface area contributed by atoms with Gasteiger partial charge in [-0.15, -0.1) is 0 Å². The van der Waals surface area contributed by atoms with Gasteiger partial charge >= 0.3 is 0 Å². The Morgan fingerprint density at radius 1 is 1.44 bits per heavy atom. The lowest BCUT2D eigenvalue weighted by atomic mass is 10.2. The van der Waals surface area contributed by atoms with E-state index >= 15 is 0 Å². The molecule has 0 aliphatic carbocycles. The van der Waals surface area contributed by atoms with Gasteiger partial charge in [-0.3, -0.25) is 10.1 Å². The molecule has 2 rings (SSSR count). The van der Waals surface area contributed by atoms with E-state index in [0.717, 1.165) is 0 Å². The van der Waals surface area contributed by atoms with E-state index in [-0.39, 0.29) is 10.6 Å². The fourth-order valence-corrected chi connectivity index (χ4v) is 1.98. The fourth-order valence-electron chi connectivity index (χ4n) is 1.98. The largest absolute Gasteiger partial charge is 0.494 e. The van der Waals surface area contributed by atoms with Crippen LogP contribution < -0.4 is 9.64 Å². The van der Waals surface area contributed by atoms with Crippen molar-refractivity contribution in [3.05, 3.63) is 28.3 Å². The number of hydrogen-bond donors (Lipinski definition) is 0. The molecule has 1 aliphatic rings. The maximum Gasteiger partial charge on any atom is 0.296 e. The molecule has 1 aromatic rings. The van der Waals surface area contributed by atoms with Crippen LogP contribution in [0.4, 0.5) is 11.4 Å². The minimum absolute atomic E-state index is 0.0860. The number of morpholine rings is 1. The molecular formula is C12H16N2O4. The lowest BCUT2D eigenvalue weighted by Crippen LogP contribution is -2.36. The molecule has 1 fully saturated rings. The monoisotopic (exact) mass is 252 g/mol. The molecule has 18 heavy (non-hydrogen) atoms. The maximum absolute atomic E-state index is 11.1. The van der Waals surface area contributed by atoms with Crippen molar-refractivity contribution >= 4 is 11.4 Å². The van der Waals surface area contributed by atoms with Gasteiger partial charge in [-0.05, 0) is 19.1 Å². The SMILES string of the molecule is CCOc1ccc(N2CCOCC2)c([N+](=O)[O-])c1. The zero-order valence-electron chi connectivity index (χ0n) is 10.3. The highest BCUT2D eigenvalue weighted by Gasteiger charge is 2.22. The summed E-state index contributed by atoms with van der Waals surface area (Å²) in [6.07, 6.45) is 0. The van der Waals surface area contributed by atoms with Crippen molar-refractivity contribution in [1.29, 1.82) is 0 Å². The normalized spacial score (nSPS) is 15.5. The maximum atomic E-state index is 11.1. The number of nitro groups is 1. The van der Waals surface area contributed by atoms with E-state index in [1.165, 1.54) is 6.07 Å². The van der Waals surface area contributed by atoms with Crippen LogP contribution in [0, 0.1) is 10.1 Å². The number of ether oxygens (including phenoxy) is 2. The lowest BCUT2D eigenvalue weighted by molar-refractivity contribution is -0.384. The van der Waals surface area contributed by atoms with Crippen LogP contribution in [0.15, 0.2) is 18.2 Å². The molecule has 1 heterocycles. The quantitative estimate of drug-likeness (QED) is 0.604. The molecule has 1 saturated heterocycles. The van der Waals surface area contributed by atoms with Crippen molar-refractivity contribution in [2.45, 2.75) is 6.92 Å². The molecule has 0 saturated carbocycles. The van der Waals surface area contributed by atoms with Gasteiger partial charge < -0.3 is 14.4 Å². The Kier molecular flexibility index (Phi) is 3.99. The summed E-state index contributed by atoms with van der Waals surface area (Å²) in [4.78, 5) is 12.7. The number of nitro benzene ring substituents is 1. The molecule has 6 heteroatoms. The highest BCUT2D eigenvalue weighted by Crippen LogP contribution is 2.32. The third kappa shape index (κ3) is 2.70. The summed E-state index contributed by atoms with van der Waals surface area (Å²) in [6.45, 7) is 4.90. The minimum atomic E-state index is -0.368. The molecule has 0 amide bonds. The second-order valence-corrected chi connectivity index (χ2v) is 3.94. The summed E-state index contributed by atoms with van der Waals surface area (Å²) in [5, 5.41) is 11.1. The van der Waals surface area contributed by atoms with Crippen molar-refractivity contribution in [2.24, 2.45) is 0 Å². The predicted octanol–water partition coefficient (Wildman–Crippen LogP) is 1.83. The first-order valence-corrected chi connectivity index (χ1v) is 5.96. The number of rotatable bonds is 4. The molecule has 0 unspecified atom stereocenters. The molecule has 0 aromatic heterocycles. The molecule has 0 radical (unpaired) electrons. The molecule has 6 nitrogen and oxygen atoms in total. The first kappa shape index (κ1) is 12.6. The van der Waals surface area contributed by atoms with Crippen molar-refractivity contribution in [1.82, 2.24) is 0 Å². The minimum Gasteiger partial charge on any atom is -0.494 e. The van der Waals surface area contributed by atoms with Gasteiger partial charge in [0, 0.05) is 13.1 Å². The number of nitrogens with zero attached hydrogens (tertiary/aromatic N) is 2. The van der Waals surface area contributed by atoms with Crippen LogP contribution in [-0.2, 0) is 4.74 Å². The molecule has 1 aromatic carbocycles. The highest BCUT2D eigenvalue weighted by molar-refractivity contribution is 5.65. The highest BCUT2D eigenvalue weighted by atomic mass is 16.6. The van der Waals surface area contributed by atoms with E-state index in [9.17, 15) is 10.1 Å². The van der Waals surface area contributed by atoms with Gasteiger partial charge in [0.05, 0.1) is 30.8 Å². The van der Waals surface area contributed by atoms with Crippen LogP contribution in [0.2, 0.25) is 0 Å². The molecule has 98 valence electrons. The van der Waals surface area contributed by atoms with Gasteiger partial charge in [0.15, 0.2) is 0 Å². The van der Waals surface area contributed by atoms with Crippen LogP contribution >= 0.6 is 0 Å². The van der Waals surface area contributed by atoms with Gasteiger partial charge in [-0.2, -0.15) is 0 Å². The van der Waals surface area contributed by atoms with Gasteiger partial charge in [0.25, 0.3) is 5.69 Å². The Bertz CT molecular complexity index is 430. The molecule has 0 N–H and O–H groups in total. The van der Waals surface area contributed by atoms with E-state index in [1.54, 1.807) is 12.1 Å². The number of benzene rings is 1. The fraction of sp³-hybridized carbons (Fsp3) is 0.500. The van der Waals surface area contributed by atoms with Crippen molar-refractivity contribution in [3.8, 4) is 5.75 Å². The van der Waals surface area contributed by atoms with E-state index in [2.05, 4.69) is 0 Å². The van der Waals surface area contributed by atoms with Crippen LogP contribution in [0.25, 0.3) is 0 Å². The van der Waals surface area contributed by atoms with E-state index in [0.29, 0.717) is 44.3 Å². The topological polar surface area (TPSA) is 64.8 Å². The Morgan fingerprint density at radius 2 is 2.17 bits per heavy atom. The van der Waals surface area contributed by atoms with Gasteiger partial charge in [-0.25, -0.2) is 0 Å². The Hall–Kier alpha value is -1.82. The second kappa shape index (κ2) is 5.68. The number of anilines is 1. The van der Waals surface area contributed by atoms with Gasteiger partial charge in [0.2, 0.25) is 0 Å². The predicted molar refractivity (Wildman–Crippen MR) is 67.3 cm³/mol. The third-order valence-electron chi connectivity index (χ3n) is 2.81. The first-order chi connectivity index (χ1) is 8.72. The van der Waals surface area contributed by atoms with Crippen molar-refractivity contribution < 1.29 is 14.4 Å². The van der Waals surface area contributed by atoms with Gasteiger partial charge in [0.1, 0.15) is 11.4 Å². The summed E-state index contributed by atoms with van der Waals surface area (Å²) >= 11 is 0. The Balaban J connectivity index is 2.30. The van der Waals surface area contributed by atoms with Gasteiger partial charge in [-0.1, -0.05) is 0 Å². The average molecular weight is 252 g/mol. The molecule has 0 spiro atoms. The molecule has 1 aliphatic heterocycles. The zero-order chi connectivity index (χ0) is 13.0. The third-order valence-corrected chi connectivity index (χ3v) is 2.81. The molecule has 0 atom stereocenters. The van der Waals surface area contributed by atoms with E-state index in [4.69, 9.17) is 9.47 Å². The van der Waals surface area contributed by atoms with Crippen LogP contribution in [0.1, 0.15) is 6.92 Å². The van der Waals surface area contributed by atoms with Crippen molar-refractivity contribution in [3.63, 3.8) is 0 Å². The zero-order valence-corrected chi connectivity index (χ0v) is 10.3. The first-order valence-electron chi connectivity index (χ1n) is 5.96. The summed E-state index contributed by atoms with van der Waals surface area (Å²) in [5.41, 5.74) is 0.717. The van der Waals surface area contributed by atoms with E-state index < -0.39 is 0 Å². The Labute approximate surface area is 105 Å². The smallest absolute Gasteiger partial charge is 0.296 e. The van der Waals surface area contributed by atoms with Crippen LogP contribution in [0.3, 0.4) is 0 Å². The molecular weight excluding hydrogens is 236 g/mol. The number of hydrogen-bond acceptors (Lipinski definition) is 5. The summed E-state index contributed by atoms with van der Waals surface area (Å²) in [5.74, 6) is 0.529. The standard InChI is InChI=1S/C12H16N2O4/c1-2-18-10-3-4-11(12(9-10)14(15)16)13-5-7-17-8-6-13/h3-4,9H,2,5-8H2,1H3. The van der Waals surface area contributed by atoms with Crippen molar-refractivity contribution in [2.75, 3.05) is 37.8 Å². The summed E-state index contributed by atoms with van der Waals surface area (Å²) in [7, 11) is 0. The van der Waals surface area contributed by atoms with E-state index in [1.807, 2.05) is 11.8 Å². The Morgan fingerprint density at radius 3 is 2.78 bits per heavy atom. The van der Waals surface area contributed by atoms with Crippen LogP contribution in [0.5, 0.6) is 5.75 Å². The average Bonchev–Trinajstić information content (AvgIpc) is 2.40. The lowest BCUT2D eigenvalue weighted by Gasteiger charge is -2.28. The summed E-state index contributed by atoms with van der Waals surface area (Å²) in [6, 6.07) is 4.99. The van der Waals surface area contributed by atoms with Crippen LogP contribution in [-0.4, -0.2) is 37.8 Å². The molecule has 0 bridgehead atoms.